The Morgan fingerprint density at radius 1 is 0.962 bits per heavy atom. The number of hydrogen-bond donors (Lipinski definition) is 1. The van der Waals surface area contributed by atoms with E-state index in [0.29, 0.717) is 17.5 Å². The average molecular weight is 362 g/mol. The Bertz CT molecular complexity index is 979. The third kappa shape index (κ3) is 3.86. The van der Waals surface area contributed by atoms with Gasteiger partial charge in [-0.25, -0.2) is 4.98 Å². The van der Waals surface area contributed by atoms with Crippen LogP contribution in [0.15, 0.2) is 70.3 Å². The summed E-state index contributed by atoms with van der Waals surface area (Å²) in [6.07, 6.45) is 0.822. The molecule has 130 valence electrons. The van der Waals surface area contributed by atoms with E-state index >= 15 is 0 Å². The molecule has 0 radical (unpaired) electrons. The smallest absolute Gasteiger partial charge is 0.237 e. The van der Waals surface area contributed by atoms with Crippen molar-refractivity contribution in [3.05, 3.63) is 83.5 Å². The molecular formula is C20H18N4OS. The predicted molar refractivity (Wildman–Crippen MR) is 102 cm³/mol. The van der Waals surface area contributed by atoms with Crippen molar-refractivity contribution in [2.45, 2.75) is 24.3 Å². The molecule has 0 bridgehead atoms. The molecule has 0 fully saturated rings. The summed E-state index contributed by atoms with van der Waals surface area (Å²) in [4.78, 5) is 12.5. The van der Waals surface area contributed by atoms with Crippen molar-refractivity contribution in [1.29, 1.82) is 0 Å². The Morgan fingerprint density at radius 2 is 1.69 bits per heavy atom. The lowest BCUT2D eigenvalue weighted by Gasteiger charge is -1.98. The topological polar surface area (TPSA) is 67.6 Å². The molecule has 4 aromatic rings. The second kappa shape index (κ2) is 7.58. The third-order valence-electron chi connectivity index (χ3n) is 4.01. The molecule has 0 saturated heterocycles. The van der Waals surface area contributed by atoms with Gasteiger partial charge in [0, 0.05) is 17.7 Å². The molecule has 26 heavy (non-hydrogen) atoms. The Kier molecular flexibility index (Phi) is 4.84. The number of nitrogens with one attached hydrogen (secondary N) is 1. The minimum atomic E-state index is 0.581. The van der Waals surface area contributed by atoms with Crippen molar-refractivity contribution < 1.29 is 4.52 Å². The number of thioether (sulfide) groups is 1. The normalized spacial score (nSPS) is 11.0. The van der Waals surface area contributed by atoms with Crippen LogP contribution in [0.25, 0.3) is 11.4 Å². The summed E-state index contributed by atoms with van der Waals surface area (Å²) in [5.41, 5.74) is 4.36. The Morgan fingerprint density at radius 3 is 2.46 bits per heavy atom. The van der Waals surface area contributed by atoms with E-state index in [1.807, 2.05) is 48.5 Å². The SMILES string of the molecule is Cc1[nH]c(SCc2nc(-c3ccccc3)no2)nc1Cc1ccccc1. The Balaban J connectivity index is 1.41. The predicted octanol–water partition coefficient (Wildman–Crippen LogP) is 4.65. The number of aryl methyl sites for hydroxylation is 1. The monoisotopic (exact) mass is 362 g/mol. The fraction of sp³-hybridized carbons (Fsp3) is 0.150. The lowest BCUT2D eigenvalue weighted by atomic mass is 10.1. The molecule has 2 aromatic heterocycles. The van der Waals surface area contributed by atoms with Gasteiger partial charge in [-0.15, -0.1) is 0 Å². The van der Waals surface area contributed by atoms with Crippen LogP contribution < -0.4 is 0 Å². The first-order valence-corrected chi connectivity index (χ1v) is 9.37. The van der Waals surface area contributed by atoms with Crippen molar-refractivity contribution in [3.63, 3.8) is 0 Å². The highest BCUT2D eigenvalue weighted by Crippen LogP contribution is 2.23. The molecule has 0 amide bonds. The second-order valence-corrected chi connectivity index (χ2v) is 6.91. The summed E-state index contributed by atoms with van der Waals surface area (Å²) in [5.74, 6) is 1.78. The van der Waals surface area contributed by atoms with Gasteiger partial charge in [0.2, 0.25) is 11.7 Å². The lowest BCUT2D eigenvalue weighted by Crippen LogP contribution is -1.90. The van der Waals surface area contributed by atoms with Gasteiger partial charge in [-0.1, -0.05) is 77.6 Å². The summed E-state index contributed by atoms with van der Waals surface area (Å²) in [6, 6.07) is 20.2. The van der Waals surface area contributed by atoms with Crippen molar-refractivity contribution >= 4 is 11.8 Å². The van der Waals surface area contributed by atoms with Crippen LogP contribution in [0.3, 0.4) is 0 Å². The zero-order valence-electron chi connectivity index (χ0n) is 14.3. The van der Waals surface area contributed by atoms with Crippen LogP contribution in [0.2, 0.25) is 0 Å². The van der Waals surface area contributed by atoms with E-state index in [1.54, 1.807) is 11.8 Å². The Hall–Kier alpha value is -2.86. The maximum atomic E-state index is 5.35. The molecule has 6 heteroatoms. The minimum absolute atomic E-state index is 0.581. The maximum absolute atomic E-state index is 5.35. The van der Waals surface area contributed by atoms with Gasteiger partial charge >= 0.3 is 0 Å². The standard InChI is InChI=1S/C20H18N4OS/c1-14-17(12-15-8-4-2-5-9-15)22-20(21-14)26-13-18-23-19(24-25-18)16-10-6-3-7-11-16/h2-11H,12-13H2,1H3,(H,21,22). The van der Waals surface area contributed by atoms with Crippen molar-refractivity contribution in [3.8, 4) is 11.4 Å². The van der Waals surface area contributed by atoms with Crippen molar-refractivity contribution in [2.24, 2.45) is 0 Å². The molecule has 0 saturated carbocycles. The number of rotatable bonds is 6. The van der Waals surface area contributed by atoms with Crippen LogP contribution in [0.4, 0.5) is 0 Å². The maximum Gasteiger partial charge on any atom is 0.237 e. The molecule has 0 aliphatic heterocycles. The first-order chi connectivity index (χ1) is 12.8. The highest BCUT2D eigenvalue weighted by atomic mass is 32.2. The quantitative estimate of drug-likeness (QED) is 0.506. The van der Waals surface area contributed by atoms with Crippen molar-refractivity contribution in [2.75, 3.05) is 0 Å². The number of H-pyrrole nitrogens is 1. The molecule has 0 unspecified atom stereocenters. The number of hydrogen-bond acceptors (Lipinski definition) is 5. The lowest BCUT2D eigenvalue weighted by molar-refractivity contribution is 0.391. The molecule has 5 nitrogen and oxygen atoms in total. The molecule has 0 aliphatic carbocycles. The van der Waals surface area contributed by atoms with Gasteiger partial charge in [0.25, 0.3) is 0 Å². The summed E-state index contributed by atoms with van der Waals surface area (Å²) in [6.45, 7) is 2.05. The zero-order chi connectivity index (χ0) is 17.8. The molecule has 0 atom stereocenters. The van der Waals surface area contributed by atoms with E-state index < -0.39 is 0 Å². The van der Waals surface area contributed by atoms with Gasteiger partial charge in [-0.3, -0.25) is 0 Å². The van der Waals surface area contributed by atoms with Gasteiger partial charge in [-0.2, -0.15) is 4.98 Å². The minimum Gasteiger partial charge on any atom is -0.338 e. The van der Waals surface area contributed by atoms with Crippen LogP contribution in [0, 0.1) is 6.92 Å². The van der Waals surface area contributed by atoms with Crippen LogP contribution in [-0.4, -0.2) is 20.1 Å². The molecular weight excluding hydrogens is 344 g/mol. The van der Waals surface area contributed by atoms with Crippen LogP contribution >= 0.6 is 11.8 Å². The second-order valence-electron chi connectivity index (χ2n) is 5.94. The number of imidazole rings is 1. The first-order valence-electron chi connectivity index (χ1n) is 8.38. The van der Waals surface area contributed by atoms with E-state index in [9.17, 15) is 0 Å². The average Bonchev–Trinajstić information content (AvgIpc) is 3.29. The van der Waals surface area contributed by atoms with Crippen LogP contribution in [0.5, 0.6) is 0 Å². The molecule has 2 heterocycles. The number of aromatic amines is 1. The van der Waals surface area contributed by atoms with E-state index in [2.05, 4.69) is 34.2 Å². The number of nitrogens with zero attached hydrogens (tertiary/aromatic N) is 3. The van der Waals surface area contributed by atoms with E-state index in [4.69, 9.17) is 9.51 Å². The van der Waals surface area contributed by atoms with E-state index in [0.717, 1.165) is 28.5 Å². The summed E-state index contributed by atoms with van der Waals surface area (Å²) in [7, 11) is 0. The summed E-state index contributed by atoms with van der Waals surface area (Å²) < 4.78 is 5.35. The van der Waals surface area contributed by atoms with Crippen LogP contribution in [0.1, 0.15) is 22.8 Å². The fourth-order valence-electron chi connectivity index (χ4n) is 2.64. The third-order valence-corrected chi connectivity index (χ3v) is 4.87. The fourth-order valence-corrected chi connectivity index (χ4v) is 3.42. The zero-order valence-corrected chi connectivity index (χ0v) is 15.2. The van der Waals surface area contributed by atoms with Crippen molar-refractivity contribution in [1.82, 2.24) is 20.1 Å². The molecule has 1 N–H and O–H groups in total. The molecule has 0 aliphatic rings. The number of benzene rings is 2. The van der Waals surface area contributed by atoms with E-state index in [1.165, 1.54) is 5.56 Å². The summed E-state index contributed by atoms with van der Waals surface area (Å²) in [5, 5.41) is 4.92. The van der Waals surface area contributed by atoms with Gasteiger partial charge in [-0.05, 0) is 12.5 Å². The molecule has 4 rings (SSSR count). The highest BCUT2D eigenvalue weighted by Gasteiger charge is 2.12. The Labute approximate surface area is 155 Å². The van der Waals surface area contributed by atoms with Gasteiger partial charge in [0.1, 0.15) is 0 Å². The number of aromatic nitrogens is 4. The largest absolute Gasteiger partial charge is 0.338 e. The van der Waals surface area contributed by atoms with Gasteiger partial charge in [0.05, 0.1) is 11.4 Å². The summed E-state index contributed by atoms with van der Waals surface area (Å²) >= 11 is 1.56. The van der Waals surface area contributed by atoms with Crippen LogP contribution in [-0.2, 0) is 12.2 Å². The molecule has 2 aromatic carbocycles. The van der Waals surface area contributed by atoms with Gasteiger partial charge < -0.3 is 9.51 Å². The molecule has 0 spiro atoms. The highest BCUT2D eigenvalue weighted by molar-refractivity contribution is 7.98. The van der Waals surface area contributed by atoms with Gasteiger partial charge in [0.15, 0.2) is 5.16 Å². The van der Waals surface area contributed by atoms with E-state index in [-0.39, 0.29) is 0 Å². The first kappa shape index (κ1) is 16.6.